The minimum absolute atomic E-state index is 0.140. The van der Waals surface area contributed by atoms with Gasteiger partial charge in [0.2, 0.25) is 5.91 Å². The summed E-state index contributed by atoms with van der Waals surface area (Å²) in [5.41, 5.74) is 0.539. The normalized spacial score (nSPS) is 31.8. The van der Waals surface area contributed by atoms with Crippen molar-refractivity contribution in [3.05, 3.63) is 42.5 Å². The van der Waals surface area contributed by atoms with Gasteiger partial charge in [0.05, 0.1) is 17.5 Å². The molecule has 3 amide bonds. The lowest BCUT2D eigenvalue weighted by atomic mass is 9.85. The molecule has 0 spiro atoms. The Labute approximate surface area is 128 Å². The summed E-state index contributed by atoms with van der Waals surface area (Å²) in [7, 11) is 0. The zero-order valence-electron chi connectivity index (χ0n) is 12.2. The molecule has 112 valence electrons. The average Bonchev–Trinajstić information content (AvgIpc) is 3.18. The number of hydrazine groups is 1. The van der Waals surface area contributed by atoms with E-state index in [1.54, 1.807) is 24.3 Å². The van der Waals surface area contributed by atoms with E-state index in [0.29, 0.717) is 5.69 Å². The SMILES string of the molecule is CC(=O)N(c1ccccc1)N1C(=O)[C@H]2[C@H](C1=O)[C@H]1C=C[C@H]2C1. The predicted octanol–water partition coefficient (Wildman–Crippen LogP) is 1.76. The summed E-state index contributed by atoms with van der Waals surface area (Å²) in [4.78, 5) is 37.7. The molecule has 2 aliphatic carbocycles. The second-order valence-electron chi connectivity index (χ2n) is 6.15. The first-order valence-corrected chi connectivity index (χ1v) is 7.51. The number of carbonyl (C=O) groups excluding carboxylic acids is 3. The lowest BCUT2D eigenvalue weighted by Gasteiger charge is -2.30. The number of anilines is 1. The van der Waals surface area contributed by atoms with Gasteiger partial charge in [-0.3, -0.25) is 14.4 Å². The predicted molar refractivity (Wildman–Crippen MR) is 79.2 cm³/mol. The van der Waals surface area contributed by atoms with Crippen LogP contribution in [0, 0.1) is 23.7 Å². The Balaban J connectivity index is 1.74. The summed E-state index contributed by atoms with van der Waals surface area (Å²) >= 11 is 0. The van der Waals surface area contributed by atoms with Crippen molar-refractivity contribution in [2.45, 2.75) is 13.3 Å². The molecule has 22 heavy (non-hydrogen) atoms. The van der Waals surface area contributed by atoms with Crippen molar-refractivity contribution in [1.29, 1.82) is 0 Å². The third-order valence-electron chi connectivity index (χ3n) is 4.95. The van der Waals surface area contributed by atoms with Gasteiger partial charge in [0.1, 0.15) is 0 Å². The Morgan fingerprint density at radius 2 is 1.59 bits per heavy atom. The smallest absolute Gasteiger partial charge is 0.253 e. The molecule has 5 heteroatoms. The monoisotopic (exact) mass is 296 g/mol. The summed E-state index contributed by atoms with van der Waals surface area (Å²) in [6, 6.07) is 8.84. The van der Waals surface area contributed by atoms with E-state index in [0.717, 1.165) is 11.4 Å². The van der Waals surface area contributed by atoms with Gasteiger partial charge in [-0.25, -0.2) is 5.01 Å². The average molecular weight is 296 g/mol. The number of nitrogens with zero attached hydrogens (tertiary/aromatic N) is 2. The molecule has 1 aromatic carbocycles. The summed E-state index contributed by atoms with van der Waals surface area (Å²) < 4.78 is 0. The van der Waals surface area contributed by atoms with Crippen molar-refractivity contribution in [3.63, 3.8) is 0 Å². The summed E-state index contributed by atoms with van der Waals surface area (Å²) in [6.45, 7) is 1.37. The Morgan fingerprint density at radius 1 is 1.05 bits per heavy atom. The van der Waals surface area contributed by atoms with Crippen molar-refractivity contribution in [3.8, 4) is 0 Å². The number of allylic oxidation sites excluding steroid dienone is 2. The largest absolute Gasteiger partial charge is 0.273 e. The Kier molecular flexibility index (Phi) is 2.73. The quantitative estimate of drug-likeness (QED) is 0.617. The van der Waals surface area contributed by atoms with Crippen LogP contribution in [0.3, 0.4) is 0 Å². The van der Waals surface area contributed by atoms with Gasteiger partial charge in [0.15, 0.2) is 0 Å². The number of imide groups is 1. The van der Waals surface area contributed by atoms with Crippen LogP contribution in [-0.2, 0) is 14.4 Å². The zero-order valence-corrected chi connectivity index (χ0v) is 12.2. The Hall–Kier alpha value is -2.43. The fourth-order valence-corrected chi connectivity index (χ4v) is 4.09. The van der Waals surface area contributed by atoms with Gasteiger partial charge in [0, 0.05) is 6.92 Å². The van der Waals surface area contributed by atoms with Gasteiger partial charge >= 0.3 is 0 Å². The minimum atomic E-state index is -0.340. The number of hydrogen-bond donors (Lipinski definition) is 0. The van der Waals surface area contributed by atoms with Gasteiger partial charge in [-0.2, -0.15) is 5.01 Å². The van der Waals surface area contributed by atoms with E-state index in [-0.39, 0.29) is 41.4 Å². The minimum Gasteiger partial charge on any atom is -0.273 e. The molecule has 0 unspecified atom stereocenters. The number of amides is 3. The van der Waals surface area contributed by atoms with Crippen LogP contribution >= 0.6 is 0 Å². The van der Waals surface area contributed by atoms with Crippen LogP contribution in [0.2, 0.25) is 0 Å². The Bertz CT molecular complexity index is 667. The topological polar surface area (TPSA) is 57.7 Å². The molecule has 1 aliphatic heterocycles. The maximum absolute atomic E-state index is 12.8. The fourth-order valence-electron chi connectivity index (χ4n) is 4.09. The third kappa shape index (κ3) is 1.62. The summed E-state index contributed by atoms with van der Waals surface area (Å²) in [5, 5.41) is 2.28. The highest BCUT2D eigenvalue weighted by Gasteiger charge is 2.61. The molecular formula is C17H16N2O3. The molecule has 1 saturated heterocycles. The van der Waals surface area contributed by atoms with Crippen molar-refractivity contribution in [2.75, 3.05) is 5.01 Å². The van der Waals surface area contributed by atoms with Gasteiger partial charge in [0.25, 0.3) is 11.8 Å². The second-order valence-corrected chi connectivity index (χ2v) is 6.15. The van der Waals surface area contributed by atoms with Gasteiger partial charge in [-0.15, -0.1) is 0 Å². The molecule has 5 nitrogen and oxygen atoms in total. The molecule has 2 bridgehead atoms. The standard InChI is InChI=1S/C17H16N2O3/c1-10(20)18(13-5-3-2-4-6-13)19-16(21)14-11-7-8-12(9-11)15(14)17(19)22/h2-8,11-12,14-15H,9H2,1H3/t11-,12-,14+,15+/m0/s1. The molecule has 4 atom stereocenters. The van der Waals surface area contributed by atoms with Crippen LogP contribution in [0.25, 0.3) is 0 Å². The van der Waals surface area contributed by atoms with Crippen molar-refractivity contribution >= 4 is 23.4 Å². The summed E-state index contributed by atoms with van der Waals surface area (Å²) in [6.07, 6.45) is 4.97. The van der Waals surface area contributed by atoms with E-state index < -0.39 is 0 Å². The van der Waals surface area contributed by atoms with Crippen LogP contribution < -0.4 is 5.01 Å². The number of carbonyl (C=O) groups is 3. The second kappa shape index (κ2) is 4.53. The molecule has 1 aromatic rings. The number of fused-ring (bicyclic) bond motifs is 5. The Morgan fingerprint density at radius 3 is 2.09 bits per heavy atom. The summed E-state index contributed by atoms with van der Waals surface area (Å²) in [5.74, 6) is -1.15. The van der Waals surface area contributed by atoms with E-state index in [4.69, 9.17) is 0 Å². The maximum Gasteiger partial charge on any atom is 0.253 e. The first-order valence-electron chi connectivity index (χ1n) is 7.51. The molecule has 3 aliphatic rings. The van der Waals surface area contributed by atoms with Crippen LogP contribution in [0.4, 0.5) is 5.69 Å². The first-order chi connectivity index (χ1) is 10.6. The molecule has 0 aromatic heterocycles. The van der Waals surface area contributed by atoms with Gasteiger partial charge < -0.3 is 0 Å². The van der Waals surface area contributed by atoms with Gasteiger partial charge in [-0.1, -0.05) is 30.4 Å². The van der Waals surface area contributed by atoms with Crippen LogP contribution in [-0.4, -0.2) is 22.7 Å². The number of para-hydroxylation sites is 1. The van der Waals surface area contributed by atoms with Crippen molar-refractivity contribution in [1.82, 2.24) is 5.01 Å². The van der Waals surface area contributed by atoms with Crippen molar-refractivity contribution in [2.24, 2.45) is 23.7 Å². The molecule has 4 rings (SSSR count). The van der Waals surface area contributed by atoms with E-state index in [2.05, 4.69) is 0 Å². The van der Waals surface area contributed by atoms with E-state index in [1.807, 2.05) is 18.2 Å². The number of rotatable bonds is 2. The molecule has 1 saturated carbocycles. The molecule has 0 radical (unpaired) electrons. The van der Waals surface area contributed by atoms with E-state index in [9.17, 15) is 14.4 Å². The molecule has 2 fully saturated rings. The number of benzene rings is 1. The van der Waals surface area contributed by atoms with E-state index >= 15 is 0 Å². The van der Waals surface area contributed by atoms with Crippen LogP contribution in [0.1, 0.15) is 13.3 Å². The lowest BCUT2D eigenvalue weighted by molar-refractivity contribution is -0.145. The van der Waals surface area contributed by atoms with E-state index in [1.165, 1.54) is 11.9 Å². The highest BCUT2D eigenvalue weighted by Crippen LogP contribution is 2.52. The highest BCUT2D eigenvalue weighted by atomic mass is 16.2. The van der Waals surface area contributed by atoms with Gasteiger partial charge in [-0.05, 0) is 30.4 Å². The van der Waals surface area contributed by atoms with Crippen LogP contribution in [0.15, 0.2) is 42.5 Å². The third-order valence-corrected chi connectivity index (χ3v) is 4.95. The fraction of sp³-hybridized carbons (Fsp3) is 0.353. The number of hydrogen-bond acceptors (Lipinski definition) is 3. The maximum atomic E-state index is 12.8. The lowest BCUT2D eigenvalue weighted by Crippen LogP contribution is -2.50. The first kappa shape index (κ1) is 13.2. The van der Waals surface area contributed by atoms with Crippen LogP contribution in [0.5, 0.6) is 0 Å². The van der Waals surface area contributed by atoms with Crippen molar-refractivity contribution < 1.29 is 14.4 Å². The highest BCUT2D eigenvalue weighted by molar-refractivity contribution is 6.11. The molecule has 0 N–H and O–H groups in total. The zero-order chi connectivity index (χ0) is 15.4. The molecular weight excluding hydrogens is 280 g/mol. The molecule has 1 heterocycles.